The Kier molecular flexibility index (Phi) is 7.14. The number of hydrogen-bond donors (Lipinski definition) is 2. The largest absolute Gasteiger partial charge is 0.480 e. The molecule has 0 bridgehead atoms. The minimum atomic E-state index is -1.02. The van der Waals surface area contributed by atoms with Crippen LogP contribution in [0.3, 0.4) is 0 Å². The maximum absolute atomic E-state index is 11.7. The Morgan fingerprint density at radius 2 is 2.10 bits per heavy atom. The second kappa shape index (κ2) is 8.36. The number of amides is 1. The number of carboxylic acids is 1. The average molecular weight is 378 g/mol. The Hall–Kier alpha value is -1.11. The van der Waals surface area contributed by atoms with Crippen LogP contribution in [-0.4, -0.2) is 41.0 Å². The topological polar surface area (TPSA) is 69.6 Å². The molecule has 7 heteroatoms. The van der Waals surface area contributed by atoms with Gasteiger partial charge in [-0.3, -0.25) is 14.5 Å². The molecule has 0 spiro atoms. The minimum Gasteiger partial charge on any atom is -0.480 e. The zero-order chi connectivity index (χ0) is 14.5. The lowest BCUT2D eigenvalue weighted by Gasteiger charge is -2.21. The van der Waals surface area contributed by atoms with Gasteiger partial charge in [-0.15, -0.1) is 12.4 Å². The molecule has 1 aromatic carbocycles. The number of rotatable bonds is 7. The molecule has 1 aliphatic rings. The van der Waals surface area contributed by atoms with Gasteiger partial charge in [-0.2, -0.15) is 0 Å². The van der Waals surface area contributed by atoms with Crippen LogP contribution in [-0.2, 0) is 16.1 Å². The van der Waals surface area contributed by atoms with Crippen LogP contribution in [0.1, 0.15) is 18.4 Å². The summed E-state index contributed by atoms with van der Waals surface area (Å²) < 4.78 is 1.01. The van der Waals surface area contributed by atoms with E-state index in [2.05, 4.69) is 26.1 Å². The first-order valence-electron chi connectivity index (χ1n) is 6.51. The lowest BCUT2D eigenvalue weighted by atomic mass is 10.2. The van der Waals surface area contributed by atoms with Crippen molar-refractivity contribution in [2.45, 2.75) is 25.4 Å². The summed E-state index contributed by atoms with van der Waals surface area (Å²) in [7, 11) is 0. The second-order valence-electron chi connectivity index (χ2n) is 4.94. The minimum absolute atomic E-state index is 0. The summed E-state index contributed by atoms with van der Waals surface area (Å²) in [6.07, 6.45) is 2.19. The van der Waals surface area contributed by atoms with Crippen LogP contribution in [0.25, 0.3) is 0 Å². The van der Waals surface area contributed by atoms with Crippen molar-refractivity contribution in [2.75, 3.05) is 13.1 Å². The highest BCUT2D eigenvalue weighted by atomic mass is 79.9. The van der Waals surface area contributed by atoms with Crippen molar-refractivity contribution in [1.82, 2.24) is 10.2 Å². The number of carboxylic acid groups (broad SMARTS) is 1. The van der Waals surface area contributed by atoms with Crippen LogP contribution in [0.4, 0.5) is 0 Å². The second-order valence-corrected chi connectivity index (χ2v) is 5.85. The molecule has 0 saturated heterocycles. The Morgan fingerprint density at radius 3 is 2.67 bits per heavy atom. The zero-order valence-electron chi connectivity index (χ0n) is 11.4. The number of aliphatic carboxylic acids is 1. The Labute approximate surface area is 138 Å². The van der Waals surface area contributed by atoms with Crippen LogP contribution in [0, 0.1) is 0 Å². The fourth-order valence-electron chi connectivity index (χ4n) is 2.04. The molecule has 21 heavy (non-hydrogen) atoms. The van der Waals surface area contributed by atoms with Gasteiger partial charge in [0.25, 0.3) is 0 Å². The molecule has 1 fully saturated rings. The molecule has 1 aromatic rings. The van der Waals surface area contributed by atoms with Crippen molar-refractivity contribution in [3.63, 3.8) is 0 Å². The molecule has 1 aliphatic carbocycles. The van der Waals surface area contributed by atoms with E-state index in [-0.39, 0.29) is 31.4 Å². The zero-order valence-corrected chi connectivity index (χ0v) is 13.8. The molecule has 5 nitrogen and oxygen atoms in total. The third-order valence-electron chi connectivity index (χ3n) is 3.12. The van der Waals surface area contributed by atoms with Crippen molar-refractivity contribution < 1.29 is 14.7 Å². The lowest BCUT2D eigenvalue weighted by Crippen LogP contribution is -2.40. The predicted octanol–water partition coefficient (Wildman–Crippen LogP) is 2.04. The summed E-state index contributed by atoms with van der Waals surface area (Å²) >= 11 is 3.43. The van der Waals surface area contributed by atoms with Gasteiger partial charge >= 0.3 is 5.97 Å². The van der Waals surface area contributed by atoms with Gasteiger partial charge in [0.1, 0.15) is 6.54 Å². The van der Waals surface area contributed by atoms with Crippen molar-refractivity contribution in [3.8, 4) is 0 Å². The standard InChI is InChI=1S/C14H17BrN2O3.ClH/c15-11-3-1-2-10(6-11)8-17(12-4-5-12)9-13(18)16-7-14(19)20;/h1-3,6,12H,4-5,7-9H2,(H,16,18)(H,19,20);1H. The summed E-state index contributed by atoms with van der Waals surface area (Å²) in [5.41, 5.74) is 1.14. The summed E-state index contributed by atoms with van der Waals surface area (Å²) in [6, 6.07) is 8.42. The van der Waals surface area contributed by atoms with Gasteiger partial charge in [0.15, 0.2) is 0 Å². The smallest absolute Gasteiger partial charge is 0.322 e. The van der Waals surface area contributed by atoms with Crippen molar-refractivity contribution in [2.24, 2.45) is 0 Å². The molecule has 1 saturated carbocycles. The van der Waals surface area contributed by atoms with E-state index in [1.54, 1.807) is 0 Å². The summed E-state index contributed by atoms with van der Waals surface area (Å²) in [5.74, 6) is -1.27. The fraction of sp³-hybridized carbons (Fsp3) is 0.429. The van der Waals surface area contributed by atoms with Gasteiger partial charge in [0.2, 0.25) is 5.91 Å². The number of nitrogens with one attached hydrogen (secondary N) is 1. The Balaban J connectivity index is 0.00000220. The molecule has 0 aliphatic heterocycles. The molecule has 2 N–H and O–H groups in total. The van der Waals surface area contributed by atoms with Crippen LogP contribution in [0.5, 0.6) is 0 Å². The van der Waals surface area contributed by atoms with E-state index >= 15 is 0 Å². The van der Waals surface area contributed by atoms with Crippen LogP contribution >= 0.6 is 28.3 Å². The van der Waals surface area contributed by atoms with Gasteiger partial charge in [-0.05, 0) is 30.5 Å². The molecule has 0 heterocycles. The number of carbonyl (C=O) groups excluding carboxylic acids is 1. The quantitative estimate of drug-likeness (QED) is 0.763. The van der Waals surface area contributed by atoms with Crippen LogP contribution < -0.4 is 5.32 Å². The van der Waals surface area contributed by atoms with Gasteiger partial charge in [0.05, 0.1) is 6.54 Å². The first kappa shape index (κ1) is 17.9. The van der Waals surface area contributed by atoms with Gasteiger partial charge in [-0.25, -0.2) is 0 Å². The SMILES string of the molecule is Cl.O=C(O)CNC(=O)CN(Cc1cccc(Br)c1)C1CC1. The predicted molar refractivity (Wildman–Crippen MR) is 85.5 cm³/mol. The maximum atomic E-state index is 11.7. The van der Waals surface area contributed by atoms with E-state index in [4.69, 9.17) is 5.11 Å². The Bertz CT molecular complexity index is 509. The normalized spacial score (nSPS) is 13.6. The molecule has 1 amide bonds. The summed E-state index contributed by atoms with van der Waals surface area (Å²) in [4.78, 5) is 24.2. The molecular formula is C14H18BrClN2O3. The van der Waals surface area contributed by atoms with E-state index in [0.717, 1.165) is 22.9 Å². The number of halogens is 2. The van der Waals surface area contributed by atoms with E-state index in [1.165, 1.54) is 0 Å². The Morgan fingerprint density at radius 1 is 1.38 bits per heavy atom. The van der Waals surface area contributed by atoms with Crippen LogP contribution in [0.15, 0.2) is 28.7 Å². The number of benzene rings is 1. The monoisotopic (exact) mass is 376 g/mol. The first-order chi connectivity index (χ1) is 9.54. The van der Waals surface area contributed by atoms with Gasteiger partial charge in [0, 0.05) is 17.1 Å². The van der Waals surface area contributed by atoms with E-state index in [1.807, 2.05) is 24.3 Å². The summed E-state index contributed by atoms with van der Waals surface area (Å²) in [6.45, 7) is 0.614. The molecule has 2 rings (SSSR count). The molecule has 0 radical (unpaired) electrons. The molecule has 116 valence electrons. The lowest BCUT2D eigenvalue weighted by molar-refractivity contribution is -0.138. The highest BCUT2D eigenvalue weighted by Gasteiger charge is 2.30. The highest BCUT2D eigenvalue weighted by Crippen LogP contribution is 2.28. The average Bonchev–Trinajstić information content (AvgIpc) is 3.20. The number of nitrogens with zero attached hydrogens (tertiary/aromatic N) is 1. The highest BCUT2D eigenvalue weighted by molar-refractivity contribution is 9.10. The van der Waals surface area contributed by atoms with Gasteiger partial charge in [-0.1, -0.05) is 28.1 Å². The van der Waals surface area contributed by atoms with E-state index < -0.39 is 5.97 Å². The van der Waals surface area contributed by atoms with Crippen molar-refractivity contribution in [1.29, 1.82) is 0 Å². The third-order valence-corrected chi connectivity index (χ3v) is 3.61. The molecular weight excluding hydrogens is 360 g/mol. The molecule has 0 aromatic heterocycles. The van der Waals surface area contributed by atoms with Gasteiger partial charge < -0.3 is 10.4 Å². The van der Waals surface area contributed by atoms with E-state index in [0.29, 0.717) is 12.6 Å². The molecule has 0 unspecified atom stereocenters. The molecule has 0 atom stereocenters. The number of carbonyl (C=O) groups is 2. The third kappa shape index (κ3) is 6.46. The van der Waals surface area contributed by atoms with Crippen LogP contribution in [0.2, 0.25) is 0 Å². The number of hydrogen-bond acceptors (Lipinski definition) is 3. The summed E-state index contributed by atoms with van der Waals surface area (Å²) in [5, 5.41) is 11.0. The van der Waals surface area contributed by atoms with E-state index in [9.17, 15) is 9.59 Å². The first-order valence-corrected chi connectivity index (χ1v) is 7.31. The fourth-order valence-corrected chi connectivity index (χ4v) is 2.48. The maximum Gasteiger partial charge on any atom is 0.322 e. The van der Waals surface area contributed by atoms with Crippen molar-refractivity contribution in [3.05, 3.63) is 34.3 Å². The van der Waals surface area contributed by atoms with Crippen molar-refractivity contribution >= 4 is 40.2 Å².